The Morgan fingerprint density at radius 1 is 1.26 bits per heavy atom. The maximum absolute atomic E-state index is 13.0. The fourth-order valence-corrected chi connectivity index (χ4v) is 2.75. The maximum atomic E-state index is 13.0. The second-order valence-corrected chi connectivity index (χ2v) is 6.52. The van der Waals surface area contributed by atoms with Crippen molar-refractivity contribution in [1.82, 2.24) is 5.32 Å². The van der Waals surface area contributed by atoms with Gasteiger partial charge in [-0.15, -0.1) is 0 Å². The largest absolute Gasteiger partial charge is 0.449 e. The van der Waals surface area contributed by atoms with Crippen molar-refractivity contribution in [2.75, 3.05) is 17.2 Å². The van der Waals surface area contributed by atoms with E-state index in [-0.39, 0.29) is 30.2 Å². The topological polar surface area (TPSA) is 84.7 Å². The van der Waals surface area contributed by atoms with Crippen molar-refractivity contribution in [2.45, 2.75) is 26.3 Å². The predicted molar refractivity (Wildman–Crippen MR) is 106 cm³/mol. The van der Waals surface area contributed by atoms with Gasteiger partial charge in [-0.3, -0.25) is 14.5 Å². The Labute approximate surface area is 158 Å². The summed E-state index contributed by atoms with van der Waals surface area (Å²) < 4.78 is 5.80. The highest BCUT2D eigenvalue weighted by Gasteiger charge is 2.32. The molecule has 1 aliphatic rings. The van der Waals surface area contributed by atoms with Crippen LogP contribution in [0.4, 0.5) is 11.4 Å². The van der Waals surface area contributed by atoms with Crippen LogP contribution in [0.25, 0.3) is 6.08 Å². The van der Waals surface area contributed by atoms with Crippen molar-refractivity contribution in [3.8, 4) is 5.75 Å². The molecule has 0 aromatic heterocycles. The van der Waals surface area contributed by atoms with Gasteiger partial charge in [0.2, 0.25) is 5.91 Å². The van der Waals surface area contributed by atoms with Crippen LogP contribution in [0.15, 0.2) is 54.3 Å². The van der Waals surface area contributed by atoms with Crippen LogP contribution in [0.5, 0.6) is 5.75 Å². The zero-order chi connectivity index (χ0) is 19.4. The van der Waals surface area contributed by atoms with E-state index in [1.807, 2.05) is 44.2 Å². The number of fused-ring (bicyclic) bond motifs is 1. The molecule has 2 aromatic rings. The van der Waals surface area contributed by atoms with E-state index < -0.39 is 0 Å². The summed E-state index contributed by atoms with van der Waals surface area (Å²) in [5.41, 5.74) is 7.74. The van der Waals surface area contributed by atoms with Crippen LogP contribution < -0.4 is 20.7 Å². The lowest BCUT2D eigenvalue weighted by molar-refractivity contribution is -0.123. The van der Waals surface area contributed by atoms with Gasteiger partial charge in [0.25, 0.3) is 5.91 Å². The summed E-state index contributed by atoms with van der Waals surface area (Å²) in [4.78, 5) is 26.8. The summed E-state index contributed by atoms with van der Waals surface area (Å²) in [6.07, 6.45) is 2.48. The SMILES string of the molecule is CCC(C)NC(=O)CN1C(=O)/C(=C\c2ccccc2)Oc2cc(N)ccc21. The molecule has 0 saturated heterocycles. The minimum Gasteiger partial charge on any atom is -0.449 e. The number of rotatable bonds is 5. The second kappa shape index (κ2) is 7.95. The highest BCUT2D eigenvalue weighted by Crippen LogP contribution is 2.37. The summed E-state index contributed by atoms with van der Waals surface area (Å²) in [6, 6.07) is 14.5. The molecule has 0 spiro atoms. The molecule has 2 amide bonds. The molecule has 3 N–H and O–H groups in total. The van der Waals surface area contributed by atoms with E-state index in [0.717, 1.165) is 12.0 Å². The number of benzene rings is 2. The average Bonchev–Trinajstić information content (AvgIpc) is 2.65. The first-order chi connectivity index (χ1) is 13.0. The number of nitrogens with two attached hydrogens (primary N) is 1. The number of nitrogens with zero attached hydrogens (tertiary/aromatic N) is 1. The lowest BCUT2D eigenvalue weighted by Gasteiger charge is -2.30. The van der Waals surface area contributed by atoms with Gasteiger partial charge in [-0.2, -0.15) is 0 Å². The normalized spacial score (nSPS) is 15.9. The van der Waals surface area contributed by atoms with Crippen molar-refractivity contribution >= 4 is 29.3 Å². The number of anilines is 2. The van der Waals surface area contributed by atoms with Crippen molar-refractivity contribution in [2.24, 2.45) is 0 Å². The van der Waals surface area contributed by atoms with Crippen LogP contribution in [0, 0.1) is 0 Å². The van der Waals surface area contributed by atoms with Crippen molar-refractivity contribution in [3.05, 3.63) is 59.9 Å². The fraction of sp³-hybridized carbons (Fsp3) is 0.238. The van der Waals surface area contributed by atoms with E-state index in [1.54, 1.807) is 24.3 Å². The molecule has 1 unspecified atom stereocenters. The molecule has 0 fully saturated rings. The quantitative estimate of drug-likeness (QED) is 0.630. The fourth-order valence-electron chi connectivity index (χ4n) is 2.75. The highest BCUT2D eigenvalue weighted by atomic mass is 16.5. The van der Waals surface area contributed by atoms with Crippen LogP contribution in [-0.2, 0) is 9.59 Å². The second-order valence-electron chi connectivity index (χ2n) is 6.52. The smallest absolute Gasteiger partial charge is 0.294 e. The van der Waals surface area contributed by atoms with Crippen molar-refractivity contribution in [1.29, 1.82) is 0 Å². The number of nitrogens with one attached hydrogen (secondary N) is 1. The minimum atomic E-state index is -0.365. The van der Waals surface area contributed by atoms with Gasteiger partial charge < -0.3 is 15.8 Å². The zero-order valence-electron chi connectivity index (χ0n) is 15.4. The standard InChI is InChI=1S/C21H23N3O3/c1-3-14(2)23-20(25)13-24-17-10-9-16(22)12-18(17)27-19(21(24)26)11-15-7-5-4-6-8-15/h4-12,14H,3,13,22H2,1-2H3,(H,23,25)/b19-11+. The molecular weight excluding hydrogens is 342 g/mol. The molecule has 140 valence electrons. The number of ether oxygens (including phenoxy) is 1. The van der Waals surface area contributed by atoms with Gasteiger partial charge in [0.15, 0.2) is 11.5 Å². The number of carbonyl (C=O) groups excluding carboxylic acids is 2. The Bertz CT molecular complexity index is 877. The summed E-state index contributed by atoms with van der Waals surface area (Å²) in [6.45, 7) is 3.83. The first-order valence-electron chi connectivity index (χ1n) is 8.93. The van der Waals surface area contributed by atoms with Gasteiger partial charge in [0.05, 0.1) is 5.69 Å². The summed E-state index contributed by atoms with van der Waals surface area (Å²) >= 11 is 0. The van der Waals surface area contributed by atoms with Crippen LogP contribution in [0.1, 0.15) is 25.8 Å². The average molecular weight is 365 g/mol. The van der Waals surface area contributed by atoms with E-state index in [2.05, 4.69) is 5.32 Å². The third-order valence-electron chi connectivity index (χ3n) is 4.37. The molecule has 1 atom stereocenters. The van der Waals surface area contributed by atoms with Gasteiger partial charge >= 0.3 is 0 Å². The van der Waals surface area contributed by atoms with Gasteiger partial charge in [0.1, 0.15) is 6.54 Å². The Morgan fingerprint density at radius 3 is 2.70 bits per heavy atom. The van der Waals surface area contributed by atoms with Crippen LogP contribution in [-0.4, -0.2) is 24.4 Å². The molecule has 0 radical (unpaired) electrons. The monoisotopic (exact) mass is 365 g/mol. The van der Waals surface area contributed by atoms with E-state index in [4.69, 9.17) is 10.5 Å². The van der Waals surface area contributed by atoms with E-state index in [0.29, 0.717) is 17.1 Å². The molecule has 1 aliphatic heterocycles. The molecule has 6 nitrogen and oxygen atoms in total. The van der Waals surface area contributed by atoms with Gasteiger partial charge in [-0.1, -0.05) is 37.3 Å². The molecule has 3 rings (SSSR count). The molecule has 0 saturated carbocycles. The molecule has 6 heteroatoms. The first kappa shape index (κ1) is 18.5. The van der Waals surface area contributed by atoms with Crippen molar-refractivity contribution in [3.63, 3.8) is 0 Å². The zero-order valence-corrected chi connectivity index (χ0v) is 15.4. The minimum absolute atomic E-state index is 0.0406. The number of hydrogen-bond donors (Lipinski definition) is 2. The van der Waals surface area contributed by atoms with Crippen molar-refractivity contribution < 1.29 is 14.3 Å². The molecule has 27 heavy (non-hydrogen) atoms. The predicted octanol–water partition coefficient (Wildman–Crippen LogP) is 2.95. The molecule has 1 heterocycles. The van der Waals surface area contributed by atoms with Crippen LogP contribution >= 0.6 is 0 Å². The van der Waals surface area contributed by atoms with Crippen LogP contribution in [0.3, 0.4) is 0 Å². The van der Waals surface area contributed by atoms with E-state index >= 15 is 0 Å². The lowest BCUT2D eigenvalue weighted by Crippen LogP contribution is -2.46. The summed E-state index contributed by atoms with van der Waals surface area (Å²) in [5, 5.41) is 2.89. The molecular formula is C21H23N3O3. The molecule has 2 aromatic carbocycles. The number of carbonyl (C=O) groups is 2. The molecule has 0 aliphatic carbocycles. The third-order valence-corrected chi connectivity index (χ3v) is 4.37. The van der Waals surface area contributed by atoms with E-state index in [9.17, 15) is 9.59 Å². The summed E-state index contributed by atoms with van der Waals surface area (Å²) in [5.74, 6) is 0.0145. The van der Waals surface area contributed by atoms with Gasteiger partial charge in [-0.25, -0.2) is 0 Å². The number of hydrogen-bond acceptors (Lipinski definition) is 4. The number of nitrogen functional groups attached to an aromatic ring is 1. The maximum Gasteiger partial charge on any atom is 0.294 e. The van der Waals surface area contributed by atoms with Gasteiger partial charge in [-0.05, 0) is 37.1 Å². The van der Waals surface area contributed by atoms with Crippen LogP contribution in [0.2, 0.25) is 0 Å². The Morgan fingerprint density at radius 2 is 2.00 bits per heavy atom. The Kier molecular flexibility index (Phi) is 5.45. The molecule has 0 bridgehead atoms. The Balaban J connectivity index is 1.94. The highest BCUT2D eigenvalue weighted by molar-refractivity contribution is 6.12. The first-order valence-corrected chi connectivity index (χ1v) is 8.93. The Hall–Kier alpha value is -3.28. The number of amides is 2. The van der Waals surface area contributed by atoms with E-state index in [1.165, 1.54) is 4.90 Å². The lowest BCUT2D eigenvalue weighted by atomic mass is 10.1. The summed E-state index contributed by atoms with van der Waals surface area (Å²) in [7, 11) is 0. The van der Waals surface area contributed by atoms with Gasteiger partial charge in [0, 0.05) is 17.8 Å². The third kappa shape index (κ3) is 4.28.